The summed E-state index contributed by atoms with van der Waals surface area (Å²) in [5, 5.41) is 26.0. The van der Waals surface area contributed by atoms with Gasteiger partial charge >= 0.3 is 5.88 Å². The monoisotopic (exact) mass is 326 g/mol. The normalized spacial score (nSPS) is 10.9. The molecule has 0 atom stereocenters. The fourth-order valence-corrected chi connectivity index (χ4v) is 2.83. The molecule has 0 aliphatic heterocycles. The van der Waals surface area contributed by atoms with Gasteiger partial charge in [0.05, 0.1) is 11.8 Å². The van der Waals surface area contributed by atoms with Gasteiger partial charge in [-0.15, -0.1) is 20.4 Å². The molecule has 0 aliphatic rings. The Balaban J connectivity index is 1.69. The molecule has 12 heteroatoms. The van der Waals surface area contributed by atoms with Crippen molar-refractivity contribution in [3.05, 3.63) is 28.1 Å². The third-order valence-corrected chi connectivity index (χ3v) is 4.06. The number of nitrogens with two attached hydrogens (primary N) is 1. The summed E-state index contributed by atoms with van der Waals surface area (Å²) in [5.74, 6) is 0.553. The Morgan fingerprint density at radius 3 is 2.81 bits per heavy atom. The van der Waals surface area contributed by atoms with Crippen LogP contribution in [-0.2, 0) is 5.75 Å². The molecule has 108 valence electrons. The van der Waals surface area contributed by atoms with Crippen LogP contribution in [0.25, 0.3) is 11.7 Å². The van der Waals surface area contributed by atoms with E-state index in [4.69, 9.17) is 14.6 Å². The van der Waals surface area contributed by atoms with E-state index in [1.54, 1.807) is 0 Å². The van der Waals surface area contributed by atoms with Gasteiger partial charge in [0.25, 0.3) is 5.89 Å². The minimum absolute atomic E-state index is 0.0791. The molecule has 0 radical (unpaired) electrons. The van der Waals surface area contributed by atoms with Crippen LogP contribution in [0.15, 0.2) is 25.3 Å². The van der Waals surface area contributed by atoms with Crippen LogP contribution in [0.5, 0.6) is 0 Å². The number of nitrogens with zero attached hydrogens (tertiary/aromatic N) is 5. The summed E-state index contributed by atoms with van der Waals surface area (Å²) in [4.78, 5) is 9.89. The molecule has 3 rings (SSSR count). The van der Waals surface area contributed by atoms with Gasteiger partial charge in [-0.05, 0) is 6.07 Å². The number of anilines is 1. The van der Waals surface area contributed by atoms with Crippen molar-refractivity contribution < 1.29 is 13.8 Å². The second-order valence-corrected chi connectivity index (χ2v) is 5.82. The minimum atomic E-state index is -0.642. The van der Waals surface area contributed by atoms with Gasteiger partial charge in [-0.25, -0.2) is 0 Å². The molecular formula is C9H6N6O4S2. The number of nitrogen functional groups attached to an aromatic ring is 1. The summed E-state index contributed by atoms with van der Waals surface area (Å²) >= 11 is 2.59. The maximum atomic E-state index is 10.5. The molecule has 0 unspecified atom stereocenters. The Kier molecular flexibility index (Phi) is 3.53. The molecule has 0 spiro atoms. The molecule has 3 heterocycles. The average molecular weight is 326 g/mol. The lowest BCUT2D eigenvalue weighted by Gasteiger charge is -1.90. The maximum Gasteiger partial charge on any atom is 0.433 e. The van der Waals surface area contributed by atoms with Gasteiger partial charge in [-0.1, -0.05) is 23.1 Å². The lowest BCUT2D eigenvalue weighted by Crippen LogP contribution is -1.82. The predicted molar refractivity (Wildman–Crippen MR) is 72.5 cm³/mol. The molecule has 2 N–H and O–H groups in total. The first-order valence-electron chi connectivity index (χ1n) is 5.40. The molecule has 3 aromatic rings. The van der Waals surface area contributed by atoms with E-state index in [-0.39, 0.29) is 17.5 Å². The first kappa shape index (κ1) is 13.5. The number of hydrogen-bond donors (Lipinski definition) is 1. The van der Waals surface area contributed by atoms with Crippen LogP contribution in [0.1, 0.15) is 5.89 Å². The van der Waals surface area contributed by atoms with Gasteiger partial charge in [-0.3, -0.25) is 10.1 Å². The maximum absolute atomic E-state index is 10.5. The fourth-order valence-electron chi connectivity index (χ4n) is 1.35. The fraction of sp³-hybridized carbons (Fsp3) is 0.111. The Hall–Kier alpha value is -2.47. The average Bonchev–Trinajstić information content (AvgIpc) is 3.16. The topological polar surface area (TPSA) is 147 Å². The number of aromatic nitrogens is 4. The highest BCUT2D eigenvalue weighted by molar-refractivity contribution is 8.00. The summed E-state index contributed by atoms with van der Waals surface area (Å²) in [6.45, 7) is 0. The standard InChI is InChI=1S/C9H6N6O4S2/c10-8-13-14-9(21-8)20-3-5-11-12-7(19-5)4-1-2-6(18-4)15(16)17/h1-2H,3H2,(H2,10,13). The highest BCUT2D eigenvalue weighted by atomic mass is 32.2. The number of rotatable bonds is 5. The third-order valence-electron chi connectivity index (χ3n) is 2.19. The van der Waals surface area contributed by atoms with Crippen LogP contribution in [-0.4, -0.2) is 25.3 Å². The predicted octanol–water partition coefficient (Wildman–Crippen LogP) is 1.96. The van der Waals surface area contributed by atoms with Gasteiger partial charge in [0, 0.05) is 0 Å². The van der Waals surface area contributed by atoms with Crippen LogP contribution in [0.4, 0.5) is 11.0 Å². The smallest absolute Gasteiger partial charge is 0.417 e. The van der Waals surface area contributed by atoms with Gasteiger partial charge in [-0.2, -0.15) is 0 Å². The molecule has 0 aromatic carbocycles. The second kappa shape index (κ2) is 5.49. The largest absolute Gasteiger partial charge is 0.433 e. The molecule has 0 saturated heterocycles. The second-order valence-electron chi connectivity index (χ2n) is 3.59. The van der Waals surface area contributed by atoms with Crippen LogP contribution in [0, 0.1) is 10.1 Å². The minimum Gasteiger partial charge on any atom is -0.417 e. The molecule has 3 aromatic heterocycles. The Bertz CT molecular complexity index is 781. The Labute approximate surface area is 124 Å². The van der Waals surface area contributed by atoms with Gasteiger partial charge in [0.1, 0.15) is 4.92 Å². The highest BCUT2D eigenvalue weighted by Gasteiger charge is 2.18. The lowest BCUT2D eigenvalue weighted by atomic mass is 10.4. The van der Waals surface area contributed by atoms with Crippen molar-refractivity contribution in [2.45, 2.75) is 10.1 Å². The van der Waals surface area contributed by atoms with E-state index in [0.717, 1.165) is 0 Å². The zero-order valence-corrected chi connectivity index (χ0v) is 11.8. The van der Waals surface area contributed by atoms with E-state index >= 15 is 0 Å². The van der Waals surface area contributed by atoms with Crippen molar-refractivity contribution in [2.24, 2.45) is 0 Å². The molecule has 10 nitrogen and oxygen atoms in total. The molecule has 21 heavy (non-hydrogen) atoms. The van der Waals surface area contributed by atoms with E-state index in [1.807, 2.05) is 0 Å². The Morgan fingerprint density at radius 1 is 1.29 bits per heavy atom. The van der Waals surface area contributed by atoms with E-state index in [2.05, 4.69) is 20.4 Å². The summed E-state index contributed by atoms with van der Waals surface area (Å²) in [6, 6.07) is 2.62. The summed E-state index contributed by atoms with van der Waals surface area (Å²) in [6.07, 6.45) is 0. The highest BCUT2D eigenvalue weighted by Crippen LogP contribution is 2.29. The van der Waals surface area contributed by atoms with Crippen molar-refractivity contribution >= 4 is 34.1 Å². The van der Waals surface area contributed by atoms with Crippen molar-refractivity contribution in [1.29, 1.82) is 0 Å². The van der Waals surface area contributed by atoms with E-state index < -0.39 is 4.92 Å². The molecule has 0 bridgehead atoms. The van der Waals surface area contributed by atoms with Crippen molar-refractivity contribution in [3.8, 4) is 11.7 Å². The molecule has 0 saturated carbocycles. The van der Waals surface area contributed by atoms with E-state index in [0.29, 0.717) is 21.1 Å². The Morgan fingerprint density at radius 2 is 2.14 bits per heavy atom. The molecular weight excluding hydrogens is 320 g/mol. The van der Waals surface area contributed by atoms with Crippen molar-refractivity contribution in [3.63, 3.8) is 0 Å². The quantitative estimate of drug-likeness (QED) is 0.419. The van der Waals surface area contributed by atoms with Crippen LogP contribution >= 0.6 is 23.1 Å². The molecule has 0 fully saturated rings. The third kappa shape index (κ3) is 3.00. The first-order chi connectivity index (χ1) is 10.1. The zero-order valence-electron chi connectivity index (χ0n) is 10.1. The van der Waals surface area contributed by atoms with Crippen LogP contribution < -0.4 is 5.73 Å². The lowest BCUT2D eigenvalue weighted by molar-refractivity contribution is -0.401. The summed E-state index contributed by atoms with van der Waals surface area (Å²) in [5.41, 5.74) is 5.47. The van der Waals surface area contributed by atoms with E-state index in [9.17, 15) is 10.1 Å². The molecule has 0 amide bonds. The van der Waals surface area contributed by atoms with Gasteiger partial charge in [0.2, 0.25) is 11.0 Å². The van der Waals surface area contributed by atoms with Crippen molar-refractivity contribution in [2.75, 3.05) is 5.73 Å². The first-order valence-corrected chi connectivity index (χ1v) is 7.21. The van der Waals surface area contributed by atoms with Crippen molar-refractivity contribution in [1.82, 2.24) is 20.4 Å². The number of thioether (sulfide) groups is 1. The van der Waals surface area contributed by atoms with E-state index in [1.165, 1.54) is 35.2 Å². The van der Waals surface area contributed by atoms with Crippen LogP contribution in [0.2, 0.25) is 0 Å². The number of furan rings is 1. The summed E-state index contributed by atoms with van der Waals surface area (Å²) in [7, 11) is 0. The SMILES string of the molecule is Nc1nnc(SCc2nnc(-c3ccc([N+](=O)[O-])o3)o2)s1. The number of hydrogen-bond acceptors (Lipinski definition) is 11. The van der Waals surface area contributed by atoms with Crippen LogP contribution in [0.3, 0.4) is 0 Å². The van der Waals surface area contributed by atoms with Gasteiger partial charge in [0.15, 0.2) is 10.1 Å². The zero-order chi connectivity index (χ0) is 14.8. The number of nitro groups is 1. The summed E-state index contributed by atoms with van der Waals surface area (Å²) < 4.78 is 11.0. The van der Waals surface area contributed by atoms with Gasteiger partial charge < -0.3 is 14.6 Å². The molecule has 0 aliphatic carbocycles.